The standard InChI is InChI=1S/C11H20N2OS/c1-8-6-12-11(15-7-8)13-9-4-3-5-10(9)14-2/h8-10H,3-7H2,1-2H3,(H,12,13). The smallest absolute Gasteiger partial charge is 0.156 e. The fraction of sp³-hybridized carbons (Fsp3) is 0.909. The molecule has 15 heavy (non-hydrogen) atoms. The van der Waals surface area contributed by atoms with Gasteiger partial charge in [0.1, 0.15) is 0 Å². The number of hydrogen-bond donors (Lipinski definition) is 1. The number of nitrogens with zero attached hydrogens (tertiary/aromatic N) is 1. The van der Waals surface area contributed by atoms with Crippen molar-refractivity contribution in [1.82, 2.24) is 5.32 Å². The van der Waals surface area contributed by atoms with Crippen LogP contribution in [-0.2, 0) is 4.74 Å². The summed E-state index contributed by atoms with van der Waals surface area (Å²) in [5.74, 6) is 1.92. The van der Waals surface area contributed by atoms with Crippen molar-refractivity contribution in [2.75, 3.05) is 19.4 Å². The Bertz CT molecular complexity index is 245. The molecule has 1 saturated carbocycles. The number of ether oxygens (including phenoxy) is 1. The molecule has 1 fully saturated rings. The first-order valence-electron chi connectivity index (χ1n) is 5.76. The Labute approximate surface area is 96.1 Å². The number of hydrogen-bond acceptors (Lipinski definition) is 4. The third-order valence-electron chi connectivity index (χ3n) is 3.12. The molecule has 2 rings (SSSR count). The quantitative estimate of drug-likeness (QED) is 0.783. The van der Waals surface area contributed by atoms with Crippen LogP contribution in [0.25, 0.3) is 0 Å². The van der Waals surface area contributed by atoms with Crippen LogP contribution in [0.5, 0.6) is 0 Å². The lowest BCUT2D eigenvalue weighted by molar-refractivity contribution is 0.0910. The van der Waals surface area contributed by atoms with Crippen LogP contribution in [0.2, 0.25) is 0 Å². The summed E-state index contributed by atoms with van der Waals surface area (Å²) in [5, 5.41) is 4.65. The van der Waals surface area contributed by atoms with Crippen molar-refractivity contribution < 1.29 is 4.74 Å². The molecule has 0 bridgehead atoms. The molecule has 3 nitrogen and oxygen atoms in total. The summed E-state index contributed by atoms with van der Waals surface area (Å²) in [7, 11) is 1.81. The lowest BCUT2D eigenvalue weighted by Crippen LogP contribution is -2.40. The summed E-state index contributed by atoms with van der Waals surface area (Å²) in [6.07, 6.45) is 4.05. The number of rotatable bonds is 2. The van der Waals surface area contributed by atoms with Crippen LogP contribution in [0.4, 0.5) is 0 Å². The van der Waals surface area contributed by atoms with Crippen molar-refractivity contribution in [3.05, 3.63) is 0 Å². The van der Waals surface area contributed by atoms with E-state index in [0.29, 0.717) is 12.1 Å². The van der Waals surface area contributed by atoms with E-state index in [1.54, 1.807) is 0 Å². The molecule has 1 aliphatic heterocycles. The zero-order chi connectivity index (χ0) is 10.7. The zero-order valence-electron chi connectivity index (χ0n) is 9.53. The van der Waals surface area contributed by atoms with Gasteiger partial charge in [-0.2, -0.15) is 0 Å². The summed E-state index contributed by atoms with van der Waals surface area (Å²) in [6.45, 7) is 3.22. The molecule has 0 aromatic rings. The highest BCUT2D eigenvalue weighted by Crippen LogP contribution is 2.23. The van der Waals surface area contributed by atoms with Crippen LogP contribution in [0, 0.1) is 5.92 Å². The molecule has 1 N–H and O–H groups in total. The monoisotopic (exact) mass is 228 g/mol. The van der Waals surface area contributed by atoms with E-state index < -0.39 is 0 Å². The molecule has 0 amide bonds. The van der Waals surface area contributed by atoms with Gasteiger partial charge in [-0.25, -0.2) is 0 Å². The van der Waals surface area contributed by atoms with Crippen LogP contribution >= 0.6 is 11.8 Å². The Morgan fingerprint density at radius 3 is 3.00 bits per heavy atom. The van der Waals surface area contributed by atoms with Crippen molar-refractivity contribution in [3.63, 3.8) is 0 Å². The highest BCUT2D eigenvalue weighted by Gasteiger charge is 2.28. The third-order valence-corrected chi connectivity index (χ3v) is 4.37. The number of aliphatic imine (C=N–C) groups is 1. The van der Waals surface area contributed by atoms with Gasteiger partial charge in [-0.05, 0) is 25.2 Å². The average Bonchev–Trinajstić information content (AvgIpc) is 2.69. The first-order chi connectivity index (χ1) is 7.29. The normalized spacial score (nSPS) is 36.4. The molecule has 3 unspecified atom stereocenters. The van der Waals surface area contributed by atoms with E-state index in [1.807, 2.05) is 18.9 Å². The molecular weight excluding hydrogens is 208 g/mol. The highest BCUT2D eigenvalue weighted by atomic mass is 32.2. The van der Waals surface area contributed by atoms with E-state index in [2.05, 4.69) is 17.2 Å². The fourth-order valence-corrected chi connectivity index (χ4v) is 3.13. The second kappa shape index (κ2) is 5.21. The van der Waals surface area contributed by atoms with E-state index in [9.17, 15) is 0 Å². The molecule has 0 spiro atoms. The van der Waals surface area contributed by atoms with Gasteiger partial charge in [-0.3, -0.25) is 4.99 Å². The molecule has 86 valence electrons. The van der Waals surface area contributed by atoms with Crippen molar-refractivity contribution >= 4 is 16.9 Å². The van der Waals surface area contributed by atoms with Gasteiger partial charge in [0.05, 0.1) is 12.1 Å². The third kappa shape index (κ3) is 2.88. The molecule has 0 radical (unpaired) electrons. The maximum atomic E-state index is 5.46. The predicted molar refractivity (Wildman–Crippen MR) is 65.5 cm³/mol. The summed E-state index contributed by atoms with van der Waals surface area (Å²) in [4.78, 5) is 4.56. The van der Waals surface area contributed by atoms with E-state index in [4.69, 9.17) is 4.74 Å². The number of methoxy groups -OCH3 is 1. The largest absolute Gasteiger partial charge is 0.379 e. The van der Waals surface area contributed by atoms with Crippen LogP contribution in [0.1, 0.15) is 26.2 Å². The minimum Gasteiger partial charge on any atom is -0.379 e. The molecule has 3 atom stereocenters. The Kier molecular flexibility index (Phi) is 3.92. The fourth-order valence-electron chi connectivity index (χ4n) is 2.18. The molecule has 0 saturated heterocycles. The van der Waals surface area contributed by atoms with Gasteiger partial charge in [0.15, 0.2) is 5.17 Å². The molecule has 4 heteroatoms. The van der Waals surface area contributed by atoms with E-state index in [-0.39, 0.29) is 0 Å². The minimum atomic E-state index is 0.382. The van der Waals surface area contributed by atoms with Crippen LogP contribution in [0.3, 0.4) is 0 Å². The Hall–Kier alpha value is -0.220. The first-order valence-corrected chi connectivity index (χ1v) is 6.74. The average molecular weight is 228 g/mol. The Balaban J connectivity index is 1.86. The van der Waals surface area contributed by atoms with Gasteiger partial charge < -0.3 is 10.1 Å². The van der Waals surface area contributed by atoms with Crippen LogP contribution in [-0.4, -0.2) is 36.7 Å². The van der Waals surface area contributed by atoms with Crippen molar-refractivity contribution in [3.8, 4) is 0 Å². The van der Waals surface area contributed by atoms with Gasteiger partial charge >= 0.3 is 0 Å². The topological polar surface area (TPSA) is 33.6 Å². The SMILES string of the molecule is COC1CCCC1NC1=NCC(C)CS1. The summed E-state index contributed by atoms with van der Waals surface area (Å²) in [6, 6.07) is 0.481. The summed E-state index contributed by atoms with van der Waals surface area (Å²) in [5.41, 5.74) is 0. The molecule has 0 aromatic heterocycles. The lowest BCUT2D eigenvalue weighted by Gasteiger charge is -2.24. The van der Waals surface area contributed by atoms with E-state index in [0.717, 1.165) is 17.6 Å². The van der Waals surface area contributed by atoms with Crippen molar-refractivity contribution in [1.29, 1.82) is 0 Å². The molecular formula is C11H20N2OS. The molecule has 1 heterocycles. The van der Waals surface area contributed by atoms with Crippen molar-refractivity contribution in [2.45, 2.75) is 38.3 Å². The second-order valence-electron chi connectivity index (χ2n) is 4.52. The first kappa shape index (κ1) is 11.3. The second-order valence-corrected chi connectivity index (χ2v) is 5.53. The van der Waals surface area contributed by atoms with E-state index in [1.165, 1.54) is 25.0 Å². The maximum Gasteiger partial charge on any atom is 0.156 e. The predicted octanol–water partition coefficient (Wildman–Crippen LogP) is 1.88. The van der Waals surface area contributed by atoms with Crippen molar-refractivity contribution in [2.24, 2.45) is 10.9 Å². The maximum absolute atomic E-state index is 5.46. The van der Waals surface area contributed by atoms with Gasteiger partial charge in [-0.15, -0.1) is 0 Å². The number of amidine groups is 1. The Morgan fingerprint density at radius 2 is 2.33 bits per heavy atom. The van der Waals surface area contributed by atoms with E-state index >= 15 is 0 Å². The Morgan fingerprint density at radius 1 is 1.47 bits per heavy atom. The van der Waals surface area contributed by atoms with Gasteiger partial charge in [-0.1, -0.05) is 18.7 Å². The lowest BCUT2D eigenvalue weighted by atomic mass is 10.2. The number of nitrogens with one attached hydrogen (secondary N) is 1. The zero-order valence-corrected chi connectivity index (χ0v) is 10.3. The van der Waals surface area contributed by atoms with Gasteiger partial charge in [0.25, 0.3) is 0 Å². The summed E-state index contributed by atoms with van der Waals surface area (Å²) < 4.78 is 5.46. The van der Waals surface area contributed by atoms with Crippen LogP contribution < -0.4 is 5.32 Å². The highest BCUT2D eigenvalue weighted by molar-refractivity contribution is 8.13. The number of thioether (sulfide) groups is 1. The minimum absolute atomic E-state index is 0.382. The summed E-state index contributed by atoms with van der Waals surface area (Å²) >= 11 is 1.85. The van der Waals surface area contributed by atoms with Gasteiger partial charge in [0, 0.05) is 19.4 Å². The molecule has 2 aliphatic rings. The van der Waals surface area contributed by atoms with Crippen LogP contribution in [0.15, 0.2) is 4.99 Å². The molecule has 0 aromatic carbocycles. The molecule has 1 aliphatic carbocycles. The van der Waals surface area contributed by atoms with Gasteiger partial charge in [0.2, 0.25) is 0 Å².